The average molecular weight is 363 g/mol. The number of carbonyl (C=O) groups excluding carboxylic acids is 2. The van der Waals surface area contributed by atoms with E-state index in [-0.39, 0.29) is 11.9 Å². The summed E-state index contributed by atoms with van der Waals surface area (Å²) in [7, 11) is 1.70. The van der Waals surface area contributed by atoms with Gasteiger partial charge in [-0.15, -0.1) is 0 Å². The summed E-state index contributed by atoms with van der Waals surface area (Å²) in [6.07, 6.45) is 0. The number of urea groups is 1. The van der Waals surface area contributed by atoms with Gasteiger partial charge in [0, 0.05) is 12.7 Å². The van der Waals surface area contributed by atoms with Crippen molar-refractivity contribution in [3.8, 4) is 5.75 Å². The maximum atomic E-state index is 13.2. The molecule has 0 saturated heterocycles. The van der Waals surface area contributed by atoms with Gasteiger partial charge in [-0.3, -0.25) is 9.69 Å². The van der Waals surface area contributed by atoms with Crippen molar-refractivity contribution in [1.29, 1.82) is 0 Å². The molecule has 6 nitrogen and oxygen atoms in total. The maximum Gasteiger partial charge on any atom is 0.322 e. The molecule has 0 radical (unpaired) electrons. The number of hydrogen-bond donors (Lipinski definition) is 1. The monoisotopic (exact) mass is 363 g/mol. The lowest BCUT2D eigenvalue weighted by Crippen LogP contribution is -2.45. The van der Waals surface area contributed by atoms with Crippen LogP contribution >= 0.6 is 0 Å². The van der Waals surface area contributed by atoms with E-state index in [2.05, 4.69) is 5.32 Å². The van der Waals surface area contributed by atoms with Crippen molar-refractivity contribution in [2.24, 2.45) is 0 Å². The van der Waals surface area contributed by atoms with Gasteiger partial charge in [0.1, 0.15) is 5.75 Å². The Hall–Kier alpha value is -3.28. The van der Waals surface area contributed by atoms with Crippen LogP contribution < -0.4 is 15.0 Å². The molecule has 1 N–H and O–H groups in total. The normalized spacial score (nSPS) is 19.3. The smallest absolute Gasteiger partial charge is 0.322 e. The van der Waals surface area contributed by atoms with Gasteiger partial charge in [-0.1, -0.05) is 30.3 Å². The predicted molar refractivity (Wildman–Crippen MR) is 102 cm³/mol. The Labute approximate surface area is 158 Å². The third-order valence-electron chi connectivity index (χ3n) is 4.95. The lowest BCUT2D eigenvalue weighted by molar-refractivity contribution is -0.114. The maximum absolute atomic E-state index is 13.2. The molecule has 1 atom stereocenters. The fourth-order valence-corrected chi connectivity index (χ4v) is 3.56. The van der Waals surface area contributed by atoms with Crippen molar-refractivity contribution in [1.82, 2.24) is 10.2 Å². The van der Waals surface area contributed by atoms with E-state index in [0.717, 1.165) is 22.7 Å². The number of nitrogens with zero attached hydrogens (tertiary/aromatic N) is 2. The highest BCUT2D eigenvalue weighted by atomic mass is 16.5. The molecule has 2 aromatic rings. The largest absolute Gasteiger partial charge is 0.494 e. The molecule has 2 aromatic carbocycles. The molecule has 6 heteroatoms. The minimum atomic E-state index is -0.440. The van der Waals surface area contributed by atoms with Crippen LogP contribution in [0.3, 0.4) is 0 Å². The average Bonchev–Trinajstić information content (AvgIpc) is 3.04. The SMILES string of the molecule is CCOc1ccc(N2CC3=C(C2=O)[C@@H](c2ccccc2)NC(=O)N3C)cc1. The summed E-state index contributed by atoms with van der Waals surface area (Å²) in [5.74, 6) is 0.677. The molecule has 0 bridgehead atoms. The first-order valence-electron chi connectivity index (χ1n) is 8.97. The highest BCUT2D eigenvalue weighted by molar-refractivity contribution is 6.11. The van der Waals surface area contributed by atoms with Gasteiger partial charge in [0.05, 0.1) is 30.5 Å². The van der Waals surface area contributed by atoms with Crippen molar-refractivity contribution in [3.63, 3.8) is 0 Å². The minimum absolute atomic E-state index is 0.0881. The summed E-state index contributed by atoms with van der Waals surface area (Å²) in [5, 5.41) is 2.94. The van der Waals surface area contributed by atoms with Crippen LogP contribution in [0.25, 0.3) is 0 Å². The van der Waals surface area contributed by atoms with Crippen LogP contribution in [0.15, 0.2) is 65.9 Å². The first-order chi connectivity index (χ1) is 13.1. The van der Waals surface area contributed by atoms with Crippen LogP contribution in [0.5, 0.6) is 5.75 Å². The van der Waals surface area contributed by atoms with Gasteiger partial charge in [-0.25, -0.2) is 4.79 Å². The molecule has 0 fully saturated rings. The molecule has 4 rings (SSSR count). The molecule has 0 saturated carbocycles. The Morgan fingerprint density at radius 3 is 2.44 bits per heavy atom. The van der Waals surface area contributed by atoms with E-state index in [1.807, 2.05) is 61.5 Å². The minimum Gasteiger partial charge on any atom is -0.494 e. The van der Waals surface area contributed by atoms with E-state index in [1.165, 1.54) is 4.90 Å². The van der Waals surface area contributed by atoms with Crippen LogP contribution in [0.2, 0.25) is 0 Å². The number of benzene rings is 2. The second-order valence-corrected chi connectivity index (χ2v) is 6.53. The van der Waals surface area contributed by atoms with E-state index in [0.29, 0.717) is 18.7 Å². The molecular weight excluding hydrogens is 342 g/mol. The number of likely N-dealkylation sites (N-methyl/N-ethyl adjacent to an activating group) is 1. The number of rotatable bonds is 4. The van der Waals surface area contributed by atoms with E-state index < -0.39 is 6.04 Å². The van der Waals surface area contributed by atoms with E-state index >= 15 is 0 Å². The van der Waals surface area contributed by atoms with Crippen molar-refractivity contribution >= 4 is 17.6 Å². The van der Waals surface area contributed by atoms with Crippen LogP contribution in [-0.4, -0.2) is 37.0 Å². The van der Waals surface area contributed by atoms with E-state index in [4.69, 9.17) is 4.74 Å². The van der Waals surface area contributed by atoms with Gasteiger partial charge in [0.25, 0.3) is 5.91 Å². The molecule has 0 spiro atoms. The zero-order chi connectivity index (χ0) is 19.0. The Morgan fingerprint density at radius 2 is 1.78 bits per heavy atom. The number of ether oxygens (including phenoxy) is 1. The fourth-order valence-electron chi connectivity index (χ4n) is 3.56. The Balaban J connectivity index is 1.68. The number of carbonyl (C=O) groups is 2. The number of hydrogen-bond acceptors (Lipinski definition) is 3. The van der Waals surface area contributed by atoms with Gasteiger partial charge in [0.15, 0.2) is 0 Å². The van der Waals surface area contributed by atoms with Crippen LogP contribution in [0.1, 0.15) is 18.5 Å². The fraction of sp³-hybridized carbons (Fsp3) is 0.238. The Morgan fingerprint density at radius 1 is 1.07 bits per heavy atom. The second-order valence-electron chi connectivity index (χ2n) is 6.53. The topological polar surface area (TPSA) is 61.9 Å². The summed E-state index contributed by atoms with van der Waals surface area (Å²) < 4.78 is 5.47. The number of nitrogens with one attached hydrogen (secondary N) is 1. The van der Waals surface area contributed by atoms with Gasteiger partial charge in [0.2, 0.25) is 0 Å². The molecule has 27 heavy (non-hydrogen) atoms. The van der Waals surface area contributed by atoms with Gasteiger partial charge in [-0.05, 0) is 36.8 Å². The van der Waals surface area contributed by atoms with Crippen molar-refractivity contribution in [2.45, 2.75) is 13.0 Å². The Kier molecular flexibility index (Phi) is 4.32. The zero-order valence-corrected chi connectivity index (χ0v) is 15.3. The molecule has 2 aliphatic rings. The summed E-state index contributed by atoms with van der Waals surface area (Å²) in [6, 6.07) is 16.4. The number of amides is 3. The summed E-state index contributed by atoms with van der Waals surface area (Å²) in [4.78, 5) is 28.9. The van der Waals surface area contributed by atoms with E-state index in [9.17, 15) is 9.59 Å². The lowest BCUT2D eigenvalue weighted by Gasteiger charge is -2.31. The molecule has 0 unspecified atom stereocenters. The number of anilines is 1. The van der Waals surface area contributed by atoms with E-state index in [1.54, 1.807) is 11.9 Å². The molecule has 3 amide bonds. The van der Waals surface area contributed by atoms with Gasteiger partial charge >= 0.3 is 6.03 Å². The first kappa shape index (κ1) is 17.1. The van der Waals surface area contributed by atoms with Crippen LogP contribution in [0, 0.1) is 0 Å². The molecular formula is C21H21N3O3. The molecule has 138 valence electrons. The molecule has 2 heterocycles. The lowest BCUT2D eigenvalue weighted by atomic mass is 9.96. The van der Waals surface area contributed by atoms with Crippen molar-refractivity contribution < 1.29 is 14.3 Å². The van der Waals surface area contributed by atoms with Crippen LogP contribution in [0.4, 0.5) is 10.5 Å². The van der Waals surface area contributed by atoms with Crippen molar-refractivity contribution in [2.75, 3.05) is 25.1 Å². The second kappa shape index (κ2) is 6.79. The summed E-state index contributed by atoms with van der Waals surface area (Å²) in [6.45, 7) is 2.89. The predicted octanol–water partition coefficient (Wildman–Crippen LogP) is 3.08. The third kappa shape index (κ3) is 2.93. The molecule has 0 aliphatic carbocycles. The highest BCUT2D eigenvalue weighted by Gasteiger charge is 2.43. The standard InChI is InChI=1S/C21H21N3O3/c1-3-27-16-11-9-15(10-12-16)24-13-17-18(20(24)25)19(22-21(26)23(17)2)14-7-5-4-6-8-14/h4-12,19H,3,13H2,1-2H3,(H,22,26)/t19-/m1/s1. The molecule has 0 aromatic heterocycles. The first-order valence-corrected chi connectivity index (χ1v) is 8.97. The van der Waals surface area contributed by atoms with Crippen LogP contribution in [-0.2, 0) is 4.79 Å². The highest BCUT2D eigenvalue weighted by Crippen LogP contribution is 2.37. The van der Waals surface area contributed by atoms with Crippen molar-refractivity contribution in [3.05, 3.63) is 71.4 Å². The van der Waals surface area contributed by atoms with Gasteiger partial charge in [-0.2, -0.15) is 0 Å². The summed E-state index contributed by atoms with van der Waals surface area (Å²) in [5.41, 5.74) is 3.04. The Bertz CT molecular complexity index is 906. The quantitative estimate of drug-likeness (QED) is 0.908. The molecule has 2 aliphatic heterocycles. The van der Waals surface area contributed by atoms with Gasteiger partial charge < -0.3 is 15.0 Å². The third-order valence-corrected chi connectivity index (χ3v) is 4.95. The summed E-state index contributed by atoms with van der Waals surface area (Å²) >= 11 is 0. The zero-order valence-electron chi connectivity index (χ0n) is 15.3.